The number of aromatic nitrogens is 4. The van der Waals surface area contributed by atoms with Crippen molar-refractivity contribution in [3.63, 3.8) is 0 Å². The van der Waals surface area contributed by atoms with Crippen LogP contribution >= 0.6 is 0 Å². The molecule has 3 aliphatic carbocycles. The molecule has 6 nitrogen and oxygen atoms in total. The maximum atomic E-state index is 12.2. The SMILES string of the molecule is COC(=O)CCCC1(C)c2ccc([nH]2)C2(CCCCC2)c2ccc([nH]2)C2(CCCCC2)c2ccc([nH]2)C2(CCCCC2)c2ccc1[nH]2. The standard InChI is InChI=1S/C41H54N4O2/c1-38(22-12-13-37(46)47-2)29-14-16-31(42-29)39(23-6-3-7-24-39)33-18-20-35(44-33)41(27-10-5-11-28-41)36-21-19-34(45-36)40(25-8-4-9-26-40)32-17-15-30(38)43-32/h14-21,42-45H,3-13,22-28H2,1-2H3. The number of hydrogen-bond donors (Lipinski definition) is 4. The van der Waals surface area contributed by atoms with E-state index in [1.165, 1.54) is 123 Å². The molecule has 6 heteroatoms. The van der Waals surface area contributed by atoms with E-state index >= 15 is 0 Å². The highest BCUT2D eigenvalue weighted by Crippen LogP contribution is 2.51. The number of ether oxygens (including phenoxy) is 1. The topological polar surface area (TPSA) is 89.5 Å². The fourth-order valence-corrected chi connectivity index (χ4v) is 10.5. The Morgan fingerprint density at radius 2 is 0.830 bits per heavy atom. The van der Waals surface area contributed by atoms with Crippen LogP contribution in [0.15, 0.2) is 48.5 Å². The summed E-state index contributed by atoms with van der Waals surface area (Å²) in [5, 5.41) is 0. The van der Waals surface area contributed by atoms with E-state index in [1.807, 2.05) is 0 Å². The van der Waals surface area contributed by atoms with Gasteiger partial charge in [0.1, 0.15) is 0 Å². The van der Waals surface area contributed by atoms with Gasteiger partial charge in [0.15, 0.2) is 0 Å². The Bertz CT molecular complexity index is 1590. The van der Waals surface area contributed by atoms with Crippen LogP contribution in [0.4, 0.5) is 0 Å². The number of H-pyrrole nitrogens is 4. The highest BCUT2D eigenvalue weighted by atomic mass is 16.5. The molecule has 47 heavy (non-hydrogen) atoms. The summed E-state index contributed by atoms with van der Waals surface area (Å²) < 4.78 is 5.05. The van der Waals surface area contributed by atoms with E-state index in [9.17, 15) is 4.79 Å². The number of aromatic amines is 4. The third kappa shape index (κ3) is 4.91. The number of hydrogen-bond acceptors (Lipinski definition) is 2. The Labute approximate surface area is 280 Å². The highest BCUT2D eigenvalue weighted by molar-refractivity contribution is 5.69. The summed E-state index contributed by atoms with van der Waals surface area (Å²) in [4.78, 5) is 28.7. The van der Waals surface area contributed by atoms with Crippen molar-refractivity contribution in [1.82, 2.24) is 19.9 Å². The van der Waals surface area contributed by atoms with Crippen molar-refractivity contribution in [2.75, 3.05) is 7.11 Å². The maximum Gasteiger partial charge on any atom is 0.305 e. The Morgan fingerprint density at radius 1 is 0.532 bits per heavy atom. The molecule has 5 heterocycles. The molecular formula is C41H54N4O2. The lowest BCUT2D eigenvalue weighted by molar-refractivity contribution is -0.140. The number of nitrogens with one attached hydrogen (secondary N) is 4. The van der Waals surface area contributed by atoms with Crippen LogP contribution in [0.2, 0.25) is 0 Å². The average Bonchev–Trinajstić information content (AvgIpc) is 3.96. The van der Waals surface area contributed by atoms with Crippen molar-refractivity contribution in [3.05, 3.63) is 94.1 Å². The largest absolute Gasteiger partial charge is 0.469 e. The molecule has 4 aromatic heterocycles. The molecule has 1 aliphatic heterocycles. The van der Waals surface area contributed by atoms with Crippen molar-refractivity contribution >= 4 is 5.97 Å². The van der Waals surface area contributed by atoms with Crippen molar-refractivity contribution in [2.45, 2.75) is 144 Å². The lowest BCUT2D eigenvalue weighted by Gasteiger charge is -2.39. The third-order valence-corrected chi connectivity index (χ3v) is 13.4. The molecule has 4 aliphatic rings. The normalized spacial score (nSPS) is 24.5. The molecule has 0 amide bonds. The minimum atomic E-state index is -0.304. The summed E-state index contributed by atoms with van der Waals surface area (Å²) in [6.07, 6.45) is 20.5. The number of esters is 1. The number of carbonyl (C=O) groups excluding carboxylic acids is 1. The van der Waals surface area contributed by atoms with Gasteiger partial charge in [-0.1, -0.05) is 57.8 Å². The van der Waals surface area contributed by atoms with E-state index < -0.39 is 0 Å². The van der Waals surface area contributed by atoms with E-state index in [0.717, 1.165) is 38.5 Å². The first kappa shape index (κ1) is 30.9. The first-order valence-electron chi connectivity index (χ1n) is 18.8. The van der Waals surface area contributed by atoms with Crippen molar-refractivity contribution in [3.8, 4) is 0 Å². The molecule has 4 aromatic rings. The number of fused-ring (bicyclic) bond motifs is 14. The molecule has 4 N–H and O–H groups in total. The molecule has 0 radical (unpaired) electrons. The average molecular weight is 635 g/mol. The zero-order chi connectivity index (χ0) is 32.1. The predicted molar refractivity (Wildman–Crippen MR) is 187 cm³/mol. The second-order valence-electron chi connectivity index (χ2n) is 15.8. The molecule has 8 bridgehead atoms. The van der Waals surface area contributed by atoms with Gasteiger partial charge < -0.3 is 24.7 Å². The summed E-state index contributed by atoms with van der Waals surface area (Å²) in [6, 6.07) is 19.2. The molecule has 3 saturated carbocycles. The van der Waals surface area contributed by atoms with Crippen LogP contribution in [0.3, 0.4) is 0 Å². The molecule has 0 saturated heterocycles. The maximum absolute atomic E-state index is 12.2. The zero-order valence-corrected chi connectivity index (χ0v) is 28.7. The Morgan fingerprint density at radius 3 is 1.15 bits per heavy atom. The molecule has 3 spiro atoms. The Hall–Kier alpha value is -3.41. The fourth-order valence-electron chi connectivity index (χ4n) is 10.5. The van der Waals surface area contributed by atoms with E-state index in [2.05, 4.69) is 75.4 Å². The molecule has 0 atom stereocenters. The summed E-state index contributed by atoms with van der Waals surface area (Å²) in [7, 11) is 1.49. The van der Waals surface area contributed by atoms with Crippen molar-refractivity contribution in [1.29, 1.82) is 0 Å². The van der Waals surface area contributed by atoms with Crippen LogP contribution in [-0.2, 0) is 31.2 Å². The second kappa shape index (κ2) is 11.9. The minimum absolute atomic E-state index is 0.00245. The third-order valence-electron chi connectivity index (χ3n) is 13.4. The molecule has 8 rings (SSSR count). The van der Waals surface area contributed by atoms with Gasteiger partial charge in [0.25, 0.3) is 0 Å². The van der Waals surface area contributed by atoms with Crippen molar-refractivity contribution < 1.29 is 9.53 Å². The molecule has 3 fully saturated rings. The van der Waals surface area contributed by atoms with Crippen LogP contribution < -0.4 is 0 Å². The summed E-state index contributed by atoms with van der Waals surface area (Å²) in [5.74, 6) is -0.135. The van der Waals surface area contributed by atoms with Crippen LogP contribution in [0.1, 0.15) is 168 Å². The van der Waals surface area contributed by atoms with E-state index in [-0.39, 0.29) is 27.6 Å². The van der Waals surface area contributed by atoms with Crippen LogP contribution in [0, 0.1) is 0 Å². The number of carbonyl (C=O) groups is 1. The monoisotopic (exact) mass is 634 g/mol. The summed E-state index contributed by atoms with van der Waals surface area (Å²) in [5.41, 5.74) is 10.3. The molecule has 0 aromatic carbocycles. The Kier molecular flexibility index (Phi) is 7.84. The van der Waals surface area contributed by atoms with Crippen LogP contribution in [-0.4, -0.2) is 33.0 Å². The van der Waals surface area contributed by atoms with Crippen molar-refractivity contribution in [2.24, 2.45) is 0 Å². The van der Waals surface area contributed by atoms with Gasteiger partial charge in [-0.3, -0.25) is 4.79 Å². The van der Waals surface area contributed by atoms with E-state index in [0.29, 0.717) is 6.42 Å². The minimum Gasteiger partial charge on any atom is -0.469 e. The van der Waals surface area contributed by atoms with Gasteiger partial charge in [0, 0.05) is 57.4 Å². The van der Waals surface area contributed by atoms with Gasteiger partial charge in [0.05, 0.1) is 23.4 Å². The number of methoxy groups -OCH3 is 1. The first-order chi connectivity index (χ1) is 22.9. The lowest BCUT2D eigenvalue weighted by atomic mass is 9.69. The predicted octanol–water partition coefficient (Wildman–Crippen LogP) is 9.71. The number of rotatable bonds is 4. The van der Waals surface area contributed by atoms with Gasteiger partial charge in [-0.15, -0.1) is 0 Å². The smallest absolute Gasteiger partial charge is 0.305 e. The first-order valence-corrected chi connectivity index (χ1v) is 18.8. The van der Waals surface area contributed by atoms with Crippen LogP contribution in [0.5, 0.6) is 0 Å². The molecule has 250 valence electrons. The molecular weight excluding hydrogens is 580 g/mol. The second-order valence-corrected chi connectivity index (χ2v) is 15.8. The lowest BCUT2D eigenvalue weighted by Crippen LogP contribution is -2.35. The van der Waals surface area contributed by atoms with E-state index in [4.69, 9.17) is 4.74 Å². The summed E-state index contributed by atoms with van der Waals surface area (Å²) >= 11 is 0. The zero-order valence-electron chi connectivity index (χ0n) is 28.7. The summed E-state index contributed by atoms with van der Waals surface area (Å²) in [6.45, 7) is 2.37. The highest BCUT2D eigenvalue weighted by Gasteiger charge is 2.46. The van der Waals surface area contributed by atoms with Gasteiger partial charge in [-0.25, -0.2) is 0 Å². The fraction of sp³-hybridized carbons (Fsp3) is 0.585. The Balaban J connectivity index is 1.33. The molecule has 0 unspecified atom stereocenters. The van der Waals surface area contributed by atoms with Gasteiger partial charge >= 0.3 is 5.97 Å². The van der Waals surface area contributed by atoms with E-state index in [1.54, 1.807) is 0 Å². The van der Waals surface area contributed by atoms with Gasteiger partial charge in [0.2, 0.25) is 0 Å². The van der Waals surface area contributed by atoms with Gasteiger partial charge in [-0.2, -0.15) is 0 Å². The van der Waals surface area contributed by atoms with Gasteiger partial charge in [-0.05, 0) is 107 Å². The van der Waals surface area contributed by atoms with Crippen LogP contribution in [0.25, 0.3) is 0 Å². The quantitative estimate of drug-likeness (QED) is 0.168.